The summed E-state index contributed by atoms with van der Waals surface area (Å²) in [6.45, 7) is 4.28. The molecule has 1 amide bonds. The predicted molar refractivity (Wildman–Crippen MR) is 89.9 cm³/mol. The number of ether oxygens (including phenoxy) is 1. The number of amides is 1. The zero-order valence-electron chi connectivity index (χ0n) is 13.3. The highest BCUT2D eigenvalue weighted by Crippen LogP contribution is 2.22. The van der Waals surface area contributed by atoms with E-state index in [2.05, 4.69) is 22.9 Å². The fourth-order valence-corrected chi connectivity index (χ4v) is 2.65. The molecule has 0 aromatic heterocycles. The first-order chi connectivity index (χ1) is 10.5. The largest absolute Gasteiger partial charge is 0.442 e. The van der Waals surface area contributed by atoms with Crippen LogP contribution < -0.4 is 5.73 Å². The highest BCUT2D eigenvalue weighted by Gasteiger charge is 2.22. The number of hydrogen-bond acceptors (Lipinski definition) is 4. The summed E-state index contributed by atoms with van der Waals surface area (Å²) in [4.78, 5) is 24.9. The van der Waals surface area contributed by atoms with Gasteiger partial charge in [-0.1, -0.05) is 48.5 Å². The molecule has 0 radical (unpaired) electrons. The smallest absolute Gasteiger partial charge is 0.307 e. The monoisotopic (exact) mass is 372 g/mol. The fourth-order valence-electron chi connectivity index (χ4n) is 2.21. The molecule has 0 fully saturated rings. The third-order valence-corrected chi connectivity index (χ3v) is 4.34. The number of unbranched alkanes of at least 4 members (excludes halogenated alkanes) is 4. The van der Waals surface area contributed by atoms with Crippen LogP contribution in [0.3, 0.4) is 0 Å². The number of primary amides is 1. The molecule has 0 aromatic rings. The van der Waals surface area contributed by atoms with E-state index in [-0.39, 0.29) is 5.97 Å². The molecule has 1 unspecified atom stereocenters. The van der Waals surface area contributed by atoms with Crippen molar-refractivity contribution in [2.45, 2.75) is 58.6 Å². The average molecular weight is 373 g/mol. The number of halogens is 1. The summed E-state index contributed by atoms with van der Waals surface area (Å²) < 4.78 is 6.08. The molecule has 2 N–H and O–H groups in total. The summed E-state index contributed by atoms with van der Waals surface area (Å²) in [5.74, 6) is -0.678. The van der Waals surface area contributed by atoms with Crippen molar-refractivity contribution in [1.82, 2.24) is 4.90 Å². The molecular weight excluding hydrogens is 348 g/mol. The van der Waals surface area contributed by atoms with Gasteiger partial charge in [0, 0.05) is 17.1 Å². The van der Waals surface area contributed by atoms with E-state index in [4.69, 9.17) is 10.5 Å². The summed E-state index contributed by atoms with van der Waals surface area (Å²) in [7, 11) is 0. The number of carbonyl (C=O) groups excluding carboxylic acids is 2. The number of rotatable bonds is 9. The Bertz CT molecular complexity index is 460. The van der Waals surface area contributed by atoms with Gasteiger partial charge in [0.1, 0.15) is 0 Å². The first-order valence-electron chi connectivity index (χ1n) is 7.77. The lowest BCUT2D eigenvalue weighted by Crippen LogP contribution is -2.37. The van der Waals surface area contributed by atoms with E-state index >= 15 is 0 Å². The van der Waals surface area contributed by atoms with Gasteiger partial charge in [-0.3, -0.25) is 9.59 Å². The minimum atomic E-state index is -0.476. The molecule has 0 saturated carbocycles. The summed E-state index contributed by atoms with van der Waals surface area (Å²) in [6, 6.07) is 0. The number of esters is 1. The Labute approximate surface area is 140 Å². The van der Waals surface area contributed by atoms with E-state index < -0.39 is 12.1 Å². The molecule has 22 heavy (non-hydrogen) atoms. The standard InChI is InChI=1S/C16H25BrN2O3/c1-3-4-5-6-7-8-15(20)22-12(2)19-10-9-14(17)13(11-19)16(18)21/h9-10,12H,3-8,11H2,1-2H3,(H2,18,21). The lowest BCUT2D eigenvalue weighted by molar-refractivity contribution is -0.155. The van der Waals surface area contributed by atoms with E-state index in [0.29, 0.717) is 23.0 Å². The molecule has 5 nitrogen and oxygen atoms in total. The van der Waals surface area contributed by atoms with Gasteiger partial charge in [0.15, 0.2) is 6.23 Å². The minimum absolute atomic E-state index is 0.202. The van der Waals surface area contributed by atoms with Gasteiger partial charge in [0.2, 0.25) is 5.91 Å². The summed E-state index contributed by atoms with van der Waals surface area (Å²) >= 11 is 3.30. The van der Waals surface area contributed by atoms with Crippen molar-refractivity contribution in [3.8, 4) is 0 Å². The predicted octanol–water partition coefficient (Wildman–Crippen LogP) is 3.20. The second-order valence-electron chi connectivity index (χ2n) is 5.43. The topological polar surface area (TPSA) is 72.6 Å². The van der Waals surface area contributed by atoms with Crippen LogP contribution in [0, 0.1) is 0 Å². The number of nitrogens with two attached hydrogens (primary N) is 1. The molecule has 0 bridgehead atoms. The van der Waals surface area contributed by atoms with Crippen molar-refractivity contribution in [3.63, 3.8) is 0 Å². The maximum atomic E-state index is 11.8. The maximum Gasteiger partial charge on any atom is 0.307 e. The van der Waals surface area contributed by atoms with Gasteiger partial charge in [-0.05, 0) is 19.4 Å². The van der Waals surface area contributed by atoms with Crippen molar-refractivity contribution >= 4 is 27.8 Å². The van der Waals surface area contributed by atoms with Crippen molar-refractivity contribution < 1.29 is 14.3 Å². The van der Waals surface area contributed by atoms with Gasteiger partial charge in [-0.15, -0.1) is 0 Å². The number of carbonyl (C=O) groups is 2. The zero-order valence-corrected chi connectivity index (χ0v) is 14.9. The van der Waals surface area contributed by atoms with E-state index in [9.17, 15) is 9.59 Å². The summed E-state index contributed by atoms with van der Waals surface area (Å²) in [6.07, 6.45) is 9.02. The maximum absolute atomic E-state index is 11.8. The SMILES string of the molecule is CCCCCCCC(=O)OC(C)N1C=CC(Br)=C(C(N)=O)C1. The van der Waals surface area contributed by atoms with E-state index in [1.165, 1.54) is 12.8 Å². The molecule has 0 aliphatic carbocycles. The third kappa shape index (κ3) is 6.22. The van der Waals surface area contributed by atoms with Crippen LogP contribution in [-0.2, 0) is 14.3 Å². The van der Waals surface area contributed by atoms with Crippen molar-refractivity contribution in [1.29, 1.82) is 0 Å². The van der Waals surface area contributed by atoms with Gasteiger partial charge in [0.25, 0.3) is 0 Å². The average Bonchev–Trinajstić information content (AvgIpc) is 2.47. The van der Waals surface area contributed by atoms with Crippen LogP contribution in [0.15, 0.2) is 22.3 Å². The Hall–Kier alpha value is -1.30. The van der Waals surface area contributed by atoms with Gasteiger partial charge in [0.05, 0.1) is 12.1 Å². The lowest BCUT2D eigenvalue weighted by atomic mass is 10.1. The molecule has 1 aliphatic rings. The van der Waals surface area contributed by atoms with Gasteiger partial charge >= 0.3 is 5.97 Å². The van der Waals surface area contributed by atoms with Gasteiger partial charge < -0.3 is 15.4 Å². The Morgan fingerprint density at radius 1 is 1.36 bits per heavy atom. The normalized spacial score (nSPS) is 15.9. The summed E-state index contributed by atoms with van der Waals surface area (Å²) in [5, 5.41) is 0. The first kappa shape index (κ1) is 18.7. The Kier molecular flexibility index (Phi) is 8.24. The number of allylic oxidation sites excluding steroid dienone is 2. The zero-order chi connectivity index (χ0) is 16.5. The van der Waals surface area contributed by atoms with Gasteiger partial charge in [-0.25, -0.2) is 0 Å². The number of hydrogen-bond donors (Lipinski definition) is 1. The van der Waals surface area contributed by atoms with Crippen LogP contribution in [0.4, 0.5) is 0 Å². The van der Waals surface area contributed by atoms with Crippen LogP contribution in [-0.4, -0.2) is 29.5 Å². The molecule has 0 spiro atoms. The van der Waals surface area contributed by atoms with E-state index in [0.717, 1.165) is 19.3 Å². The second kappa shape index (κ2) is 9.66. The first-order valence-corrected chi connectivity index (χ1v) is 8.56. The molecule has 124 valence electrons. The molecule has 1 heterocycles. The molecule has 1 rings (SSSR count). The van der Waals surface area contributed by atoms with Crippen LogP contribution in [0.2, 0.25) is 0 Å². The molecule has 0 aromatic carbocycles. The Balaban J connectivity index is 2.37. The van der Waals surface area contributed by atoms with Crippen LogP contribution in [0.25, 0.3) is 0 Å². The van der Waals surface area contributed by atoms with Crippen molar-refractivity contribution in [3.05, 3.63) is 22.3 Å². The van der Waals surface area contributed by atoms with E-state index in [1.807, 2.05) is 0 Å². The van der Waals surface area contributed by atoms with Gasteiger partial charge in [-0.2, -0.15) is 0 Å². The highest BCUT2D eigenvalue weighted by molar-refractivity contribution is 9.12. The van der Waals surface area contributed by atoms with Crippen molar-refractivity contribution in [2.24, 2.45) is 5.73 Å². The molecule has 0 saturated heterocycles. The van der Waals surface area contributed by atoms with Crippen LogP contribution in [0.5, 0.6) is 0 Å². The molecule has 1 atom stereocenters. The number of nitrogens with zero attached hydrogens (tertiary/aromatic N) is 1. The molecular formula is C16H25BrN2O3. The van der Waals surface area contributed by atoms with Crippen LogP contribution in [0.1, 0.15) is 52.4 Å². The van der Waals surface area contributed by atoms with Crippen molar-refractivity contribution in [2.75, 3.05) is 6.54 Å². The quantitative estimate of drug-likeness (QED) is 0.498. The molecule has 6 heteroatoms. The lowest BCUT2D eigenvalue weighted by Gasteiger charge is -2.30. The second-order valence-corrected chi connectivity index (χ2v) is 6.29. The van der Waals surface area contributed by atoms with Crippen LogP contribution >= 0.6 is 15.9 Å². The third-order valence-electron chi connectivity index (χ3n) is 3.59. The Morgan fingerprint density at radius 2 is 2.05 bits per heavy atom. The highest BCUT2D eigenvalue weighted by atomic mass is 79.9. The summed E-state index contributed by atoms with van der Waals surface area (Å²) in [5.41, 5.74) is 5.81. The molecule has 1 aliphatic heterocycles. The van der Waals surface area contributed by atoms with E-state index in [1.54, 1.807) is 24.1 Å². The Morgan fingerprint density at radius 3 is 2.68 bits per heavy atom. The minimum Gasteiger partial charge on any atom is -0.442 e. The fraction of sp³-hybridized carbons (Fsp3) is 0.625.